The average molecular weight is 439 g/mol. The molecule has 0 radical (unpaired) electrons. The Labute approximate surface area is 183 Å². The van der Waals surface area contributed by atoms with E-state index in [0.29, 0.717) is 48.6 Å². The maximum atomic E-state index is 12.8. The second-order valence-corrected chi connectivity index (χ2v) is 9.39. The van der Waals surface area contributed by atoms with Crippen LogP contribution >= 0.6 is 0 Å². The summed E-state index contributed by atoms with van der Waals surface area (Å²) in [5, 5.41) is 3.02. The number of hydrogen-bond acceptors (Lipinski definition) is 5. The number of sulfonamides is 1. The smallest absolute Gasteiger partial charge is 0.285 e. The van der Waals surface area contributed by atoms with Crippen LogP contribution in [0.3, 0.4) is 0 Å². The van der Waals surface area contributed by atoms with Gasteiger partial charge in [0.05, 0.1) is 0 Å². The molecule has 1 aromatic heterocycles. The zero-order valence-electron chi connectivity index (χ0n) is 17.7. The zero-order valence-corrected chi connectivity index (χ0v) is 18.5. The minimum Gasteiger partial charge on any atom is -0.356 e. The lowest BCUT2D eigenvalue weighted by Crippen LogP contribution is -2.46. The van der Waals surface area contributed by atoms with Gasteiger partial charge in [-0.05, 0) is 49.4 Å². The molecule has 2 aromatic rings. The predicted octanol–water partition coefficient (Wildman–Crippen LogP) is 3.01. The maximum Gasteiger partial charge on any atom is 0.285 e. The first kappa shape index (κ1) is 21.2. The highest BCUT2D eigenvalue weighted by Crippen LogP contribution is 2.34. The van der Waals surface area contributed by atoms with Crippen LogP contribution in [0.1, 0.15) is 48.3 Å². The molecule has 1 N–H and O–H groups in total. The van der Waals surface area contributed by atoms with Gasteiger partial charge in [-0.2, -0.15) is 8.42 Å². The van der Waals surface area contributed by atoms with E-state index in [-0.39, 0.29) is 16.9 Å². The SMILES string of the molecule is CCc1ccc(C2=C(C)C(N3CCC(NC(=O)c4ccccn4)CC3)=NS2(=O)=O)cc1. The number of pyridine rings is 1. The van der Waals surface area contributed by atoms with Crippen LogP contribution in [0.15, 0.2) is 58.6 Å². The highest BCUT2D eigenvalue weighted by Gasteiger charge is 2.35. The van der Waals surface area contributed by atoms with E-state index in [1.807, 2.05) is 36.1 Å². The lowest BCUT2D eigenvalue weighted by molar-refractivity contribution is 0.0917. The molecule has 2 aliphatic heterocycles. The van der Waals surface area contributed by atoms with Crippen LogP contribution < -0.4 is 5.32 Å². The highest BCUT2D eigenvalue weighted by molar-refractivity contribution is 8.00. The number of nitrogens with zero attached hydrogens (tertiary/aromatic N) is 3. The van der Waals surface area contributed by atoms with Gasteiger partial charge < -0.3 is 10.2 Å². The lowest BCUT2D eigenvalue weighted by Gasteiger charge is -2.33. The molecule has 1 amide bonds. The molecule has 7 nitrogen and oxygen atoms in total. The normalized spacial score (nSPS) is 18.8. The maximum absolute atomic E-state index is 12.8. The molecule has 31 heavy (non-hydrogen) atoms. The van der Waals surface area contributed by atoms with Crippen LogP contribution in [-0.4, -0.2) is 49.2 Å². The average Bonchev–Trinajstić information content (AvgIpc) is 3.03. The van der Waals surface area contributed by atoms with Gasteiger partial charge in [-0.3, -0.25) is 9.78 Å². The van der Waals surface area contributed by atoms with Crippen molar-refractivity contribution < 1.29 is 13.2 Å². The number of piperidine rings is 1. The van der Waals surface area contributed by atoms with E-state index in [1.165, 1.54) is 0 Å². The fourth-order valence-electron chi connectivity index (χ4n) is 4.07. The summed E-state index contributed by atoms with van der Waals surface area (Å²) in [6, 6.07) is 12.9. The van der Waals surface area contributed by atoms with Crippen molar-refractivity contribution in [1.82, 2.24) is 15.2 Å². The number of carbonyl (C=O) groups excluding carboxylic acids is 1. The monoisotopic (exact) mass is 438 g/mol. The molecule has 0 atom stereocenters. The van der Waals surface area contributed by atoms with Crippen molar-refractivity contribution >= 4 is 26.7 Å². The Balaban J connectivity index is 1.45. The van der Waals surface area contributed by atoms with Gasteiger partial charge in [0.2, 0.25) is 0 Å². The number of hydrogen-bond donors (Lipinski definition) is 1. The fraction of sp³-hybridized carbons (Fsp3) is 0.348. The van der Waals surface area contributed by atoms with Crippen LogP contribution in [0.4, 0.5) is 0 Å². The first-order chi connectivity index (χ1) is 14.9. The zero-order chi connectivity index (χ0) is 22.0. The number of nitrogens with one attached hydrogen (secondary N) is 1. The van der Waals surface area contributed by atoms with Crippen molar-refractivity contribution in [2.24, 2.45) is 4.40 Å². The Morgan fingerprint density at radius 1 is 1.13 bits per heavy atom. The number of rotatable bonds is 4. The molecule has 0 aliphatic carbocycles. The number of amidine groups is 1. The quantitative estimate of drug-likeness (QED) is 0.792. The van der Waals surface area contributed by atoms with Gasteiger partial charge in [0.25, 0.3) is 15.9 Å². The van der Waals surface area contributed by atoms with Crippen molar-refractivity contribution in [3.05, 3.63) is 71.1 Å². The van der Waals surface area contributed by atoms with E-state index in [1.54, 1.807) is 24.4 Å². The largest absolute Gasteiger partial charge is 0.356 e. The summed E-state index contributed by atoms with van der Waals surface area (Å²) in [6.07, 6.45) is 3.92. The molecule has 1 aromatic carbocycles. The molecular weight excluding hydrogens is 412 g/mol. The Morgan fingerprint density at radius 2 is 1.84 bits per heavy atom. The van der Waals surface area contributed by atoms with Crippen molar-refractivity contribution in [3.8, 4) is 0 Å². The molecule has 3 heterocycles. The van der Waals surface area contributed by atoms with Crippen molar-refractivity contribution in [1.29, 1.82) is 0 Å². The first-order valence-electron chi connectivity index (χ1n) is 10.5. The van der Waals surface area contributed by atoms with Gasteiger partial charge in [-0.1, -0.05) is 37.3 Å². The van der Waals surface area contributed by atoms with Crippen LogP contribution in [0.25, 0.3) is 4.91 Å². The van der Waals surface area contributed by atoms with Gasteiger partial charge in [-0.15, -0.1) is 4.40 Å². The first-order valence-corrected chi connectivity index (χ1v) is 12.0. The van der Waals surface area contributed by atoms with E-state index in [9.17, 15) is 13.2 Å². The number of amides is 1. The summed E-state index contributed by atoms with van der Waals surface area (Å²) < 4.78 is 29.7. The van der Waals surface area contributed by atoms with Crippen LogP contribution in [0.2, 0.25) is 0 Å². The van der Waals surface area contributed by atoms with Crippen LogP contribution in [0, 0.1) is 0 Å². The summed E-state index contributed by atoms with van der Waals surface area (Å²) >= 11 is 0. The van der Waals surface area contributed by atoms with Gasteiger partial charge in [0, 0.05) is 30.9 Å². The standard InChI is InChI=1S/C23H26N4O3S/c1-3-17-7-9-18(10-8-17)21-16(2)22(26-31(21,29)30)27-14-11-19(12-15-27)25-23(28)20-6-4-5-13-24-20/h4-10,13,19H,3,11-12,14-15H2,1-2H3,(H,25,28). The third kappa shape index (κ3) is 4.39. The predicted molar refractivity (Wildman–Crippen MR) is 121 cm³/mol. The van der Waals surface area contributed by atoms with E-state index in [0.717, 1.165) is 12.0 Å². The minimum absolute atomic E-state index is 0.0229. The van der Waals surface area contributed by atoms with Crippen molar-refractivity contribution in [2.45, 2.75) is 39.2 Å². The van der Waals surface area contributed by atoms with Gasteiger partial charge >= 0.3 is 0 Å². The number of aromatic nitrogens is 1. The number of benzene rings is 1. The summed E-state index contributed by atoms with van der Waals surface area (Å²) in [5.41, 5.74) is 2.91. The van der Waals surface area contributed by atoms with Crippen LogP contribution in [-0.2, 0) is 16.4 Å². The minimum atomic E-state index is -3.73. The molecule has 8 heteroatoms. The Kier molecular flexibility index (Phi) is 5.91. The van der Waals surface area contributed by atoms with Gasteiger partial charge in [0.15, 0.2) is 0 Å². The summed E-state index contributed by atoms with van der Waals surface area (Å²) in [4.78, 5) is 18.7. The highest BCUT2D eigenvalue weighted by atomic mass is 32.2. The van der Waals surface area contributed by atoms with E-state index in [4.69, 9.17) is 0 Å². The number of likely N-dealkylation sites (tertiary alicyclic amines) is 1. The van der Waals surface area contributed by atoms with Gasteiger partial charge in [0.1, 0.15) is 16.4 Å². The molecule has 162 valence electrons. The molecule has 0 unspecified atom stereocenters. The molecule has 0 saturated carbocycles. The molecule has 2 aliphatic rings. The van der Waals surface area contributed by atoms with Crippen LogP contribution in [0.5, 0.6) is 0 Å². The molecule has 1 saturated heterocycles. The third-order valence-electron chi connectivity index (χ3n) is 5.79. The second-order valence-electron chi connectivity index (χ2n) is 7.84. The Morgan fingerprint density at radius 3 is 2.45 bits per heavy atom. The Bertz CT molecular complexity index is 1130. The van der Waals surface area contributed by atoms with Crippen molar-refractivity contribution in [3.63, 3.8) is 0 Å². The summed E-state index contributed by atoms with van der Waals surface area (Å²) in [5.74, 6) is 0.331. The number of aryl methyl sites for hydroxylation is 1. The Hall–Kier alpha value is -3.00. The molecule has 0 bridgehead atoms. The number of carbonyl (C=O) groups is 1. The molecular formula is C23H26N4O3S. The summed E-state index contributed by atoms with van der Waals surface area (Å²) in [6.45, 7) is 5.14. The second kappa shape index (κ2) is 8.63. The molecule has 4 rings (SSSR count). The lowest BCUT2D eigenvalue weighted by atomic mass is 10.0. The van der Waals surface area contributed by atoms with Gasteiger partial charge in [-0.25, -0.2) is 0 Å². The topological polar surface area (TPSA) is 91.7 Å². The molecule has 1 fully saturated rings. The molecule has 0 spiro atoms. The fourth-order valence-corrected chi connectivity index (χ4v) is 5.55. The third-order valence-corrected chi connectivity index (χ3v) is 7.26. The van der Waals surface area contributed by atoms with Crippen molar-refractivity contribution in [2.75, 3.05) is 13.1 Å². The van der Waals surface area contributed by atoms with E-state index >= 15 is 0 Å². The summed E-state index contributed by atoms with van der Waals surface area (Å²) in [7, 11) is -3.73. The van der Waals surface area contributed by atoms with E-state index < -0.39 is 10.0 Å². The van der Waals surface area contributed by atoms with E-state index in [2.05, 4.69) is 21.6 Å².